The number of nitrogens with zero attached hydrogens (tertiary/aromatic N) is 4. The third kappa shape index (κ3) is 3.24. The van der Waals surface area contributed by atoms with Crippen molar-refractivity contribution in [3.8, 4) is 11.3 Å². The molecule has 1 fully saturated rings. The molecule has 0 aromatic carbocycles. The van der Waals surface area contributed by atoms with Crippen molar-refractivity contribution in [2.75, 3.05) is 24.5 Å². The normalized spacial score (nSPS) is 16.4. The molecule has 0 spiro atoms. The monoisotopic (exact) mass is 285 g/mol. The summed E-state index contributed by atoms with van der Waals surface area (Å²) < 4.78 is 1.81. The molecule has 21 heavy (non-hydrogen) atoms. The van der Waals surface area contributed by atoms with E-state index in [0.717, 1.165) is 49.0 Å². The van der Waals surface area contributed by atoms with Crippen LogP contribution in [0.25, 0.3) is 11.3 Å². The highest BCUT2D eigenvalue weighted by molar-refractivity contribution is 5.59. The first kappa shape index (κ1) is 14.1. The van der Waals surface area contributed by atoms with Crippen LogP contribution >= 0.6 is 0 Å². The second kappa shape index (κ2) is 6.26. The van der Waals surface area contributed by atoms with E-state index >= 15 is 0 Å². The predicted molar refractivity (Wildman–Crippen MR) is 85.0 cm³/mol. The van der Waals surface area contributed by atoms with Crippen LogP contribution in [0.4, 0.5) is 5.82 Å². The number of rotatable bonds is 4. The van der Waals surface area contributed by atoms with Gasteiger partial charge in [0.05, 0.1) is 11.9 Å². The molecule has 0 radical (unpaired) electrons. The molecular weight excluding hydrogens is 262 g/mol. The zero-order chi connectivity index (χ0) is 14.7. The van der Waals surface area contributed by atoms with Crippen LogP contribution in [0.3, 0.4) is 0 Å². The Kier molecular flexibility index (Phi) is 4.20. The SMILES string of the molecule is Cn1cc(-c2cccc(N3CCC(CCN)CC3)n2)cn1. The van der Waals surface area contributed by atoms with Gasteiger partial charge in [0.15, 0.2) is 0 Å². The van der Waals surface area contributed by atoms with E-state index < -0.39 is 0 Å². The Hall–Kier alpha value is -1.88. The molecule has 0 atom stereocenters. The lowest BCUT2D eigenvalue weighted by Gasteiger charge is -2.32. The molecule has 0 bridgehead atoms. The molecule has 0 unspecified atom stereocenters. The van der Waals surface area contributed by atoms with Gasteiger partial charge in [0.1, 0.15) is 5.82 Å². The van der Waals surface area contributed by atoms with Gasteiger partial charge >= 0.3 is 0 Å². The average Bonchev–Trinajstić information content (AvgIpc) is 2.95. The van der Waals surface area contributed by atoms with Gasteiger partial charge in [-0.3, -0.25) is 4.68 Å². The number of piperidine rings is 1. The number of anilines is 1. The zero-order valence-electron chi connectivity index (χ0n) is 12.6. The predicted octanol–water partition coefficient (Wildman–Crippen LogP) is 2.05. The van der Waals surface area contributed by atoms with Gasteiger partial charge in [0.2, 0.25) is 0 Å². The summed E-state index contributed by atoms with van der Waals surface area (Å²) in [5, 5.41) is 4.22. The molecule has 2 aromatic rings. The molecule has 5 heteroatoms. The third-order valence-corrected chi connectivity index (χ3v) is 4.25. The standard InChI is InChI=1S/C16H23N5/c1-20-12-14(11-18-20)15-3-2-4-16(19-15)21-9-6-13(5-8-17)7-10-21/h2-4,11-13H,5-10,17H2,1H3. The summed E-state index contributed by atoms with van der Waals surface area (Å²) >= 11 is 0. The molecule has 5 nitrogen and oxygen atoms in total. The highest BCUT2D eigenvalue weighted by Crippen LogP contribution is 2.25. The van der Waals surface area contributed by atoms with E-state index in [1.807, 2.05) is 30.2 Å². The summed E-state index contributed by atoms with van der Waals surface area (Å²) in [6, 6.07) is 6.22. The van der Waals surface area contributed by atoms with Crippen molar-refractivity contribution < 1.29 is 0 Å². The minimum Gasteiger partial charge on any atom is -0.357 e. The van der Waals surface area contributed by atoms with Crippen molar-refractivity contribution in [1.29, 1.82) is 0 Å². The van der Waals surface area contributed by atoms with Crippen LogP contribution in [-0.4, -0.2) is 34.4 Å². The number of hydrogen-bond acceptors (Lipinski definition) is 4. The van der Waals surface area contributed by atoms with Gasteiger partial charge in [-0.15, -0.1) is 0 Å². The largest absolute Gasteiger partial charge is 0.357 e. The van der Waals surface area contributed by atoms with Crippen molar-refractivity contribution >= 4 is 5.82 Å². The summed E-state index contributed by atoms with van der Waals surface area (Å²) in [5.74, 6) is 1.86. The number of nitrogens with two attached hydrogens (primary N) is 1. The molecule has 0 amide bonds. The molecule has 1 saturated heterocycles. The van der Waals surface area contributed by atoms with Gasteiger partial charge in [-0.2, -0.15) is 5.10 Å². The lowest BCUT2D eigenvalue weighted by Crippen LogP contribution is -2.34. The van der Waals surface area contributed by atoms with E-state index in [1.165, 1.54) is 12.8 Å². The Morgan fingerprint density at radius 1 is 1.29 bits per heavy atom. The maximum absolute atomic E-state index is 5.66. The smallest absolute Gasteiger partial charge is 0.129 e. The van der Waals surface area contributed by atoms with Crippen LogP contribution < -0.4 is 10.6 Å². The van der Waals surface area contributed by atoms with E-state index in [-0.39, 0.29) is 0 Å². The molecule has 0 saturated carbocycles. The van der Waals surface area contributed by atoms with Gasteiger partial charge in [-0.25, -0.2) is 4.98 Å². The highest BCUT2D eigenvalue weighted by atomic mass is 15.2. The van der Waals surface area contributed by atoms with E-state index in [9.17, 15) is 0 Å². The molecular formula is C16H23N5. The van der Waals surface area contributed by atoms with Crippen LogP contribution in [0, 0.1) is 5.92 Å². The van der Waals surface area contributed by atoms with Crippen molar-refractivity contribution in [3.63, 3.8) is 0 Å². The van der Waals surface area contributed by atoms with E-state index in [1.54, 1.807) is 0 Å². The van der Waals surface area contributed by atoms with Crippen molar-refractivity contribution in [1.82, 2.24) is 14.8 Å². The van der Waals surface area contributed by atoms with Crippen molar-refractivity contribution in [3.05, 3.63) is 30.6 Å². The molecule has 3 rings (SSSR count). The number of aromatic nitrogens is 3. The van der Waals surface area contributed by atoms with Crippen LogP contribution in [0.1, 0.15) is 19.3 Å². The third-order valence-electron chi connectivity index (χ3n) is 4.25. The quantitative estimate of drug-likeness (QED) is 0.934. The first-order chi connectivity index (χ1) is 10.3. The Bertz CT molecular complexity index is 584. The van der Waals surface area contributed by atoms with E-state index in [2.05, 4.69) is 22.1 Å². The topological polar surface area (TPSA) is 60.0 Å². The molecule has 1 aliphatic rings. The van der Waals surface area contributed by atoms with Gasteiger partial charge in [0.25, 0.3) is 0 Å². The van der Waals surface area contributed by atoms with Gasteiger partial charge in [0, 0.05) is 31.9 Å². The van der Waals surface area contributed by atoms with Crippen LogP contribution in [0.2, 0.25) is 0 Å². The summed E-state index contributed by atoms with van der Waals surface area (Å²) in [6.07, 6.45) is 7.45. The van der Waals surface area contributed by atoms with E-state index in [0.29, 0.717) is 0 Å². The summed E-state index contributed by atoms with van der Waals surface area (Å²) in [4.78, 5) is 7.18. The van der Waals surface area contributed by atoms with Gasteiger partial charge < -0.3 is 10.6 Å². The molecule has 3 heterocycles. The fraction of sp³-hybridized carbons (Fsp3) is 0.500. The number of pyridine rings is 1. The average molecular weight is 285 g/mol. The second-order valence-corrected chi connectivity index (χ2v) is 5.79. The maximum Gasteiger partial charge on any atom is 0.129 e. The fourth-order valence-electron chi connectivity index (χ4n) is 3.00. The van der Waals surface area contributed by atoms with Crippen LogP contribution in [0.15, 0.2) is 30.6 Å². The van der Waals surface area contributed by atoms with Crippen LogP contribution in [0.5, 0.6) is 0 Å². The highest BCUT2D eigenvalue weighted by Gasteiger charge is 2.19. The lowest BCUT2D eigenvalue weighted by molar-refractivity contribution is 0.385. The van der Waals surface area contributed by atoms with Crippen molar-refractivity contribution in [2.45, 2.75) is 19.3 Å². The Morgan fingerprint density at radius 3 is 2.76 bits per heavy atom. The Labute approximate surface area is 125 Å². The first-order valence-corrected chi connectivity index (χ1v) is 7.67. The maximum atomic E-state index is 5.66. The summed E-state index contributed by atoms with van der Waals surface area (Å²) in [7, 11) is 1.93. The molecule has 112 valence electrons. The minimum atomic E-state index is 0.785. The zero-order valence-corrected chi connectivity index (χ0v) is 12.6. The van der Waals surface area contributed by atoms with Crippen molar-refractivity contribution in [2.24, 2.45) is 18.7 Å². The molecule has 0 aliphatic carbocycles. The summed E-state index contributed by atoms with van der Waals surface area (Å²) in [5.41, 5.74) is 7.71. The lowest BCUT2D eigenvalue weighted by atomic mass is 9.93. The summed E-state index contributed by atoms with van der Waals surface area (Å²) in [6.45, 7) is 2.96. The van der Waals surface area contributed by atoms with Gasteiger partial charge in [-0.1, -0.05) is 6.07 Å². The van der Waals surface area contributed by atoms with Crippen LogP contribution in [-0.2, 0) is 7.05 Å². The Balaban J connectivity index is 1.72. The minimum absolute atomic E-state index is 0.785. The number of aryl methyl sites for hydroxylation is 1. The second-order valence-electron chi connectivity index (χ2n) is 5.79. The molecule has 2 N–H and O–H groups in total. The first-order valence-electron chi connectivity index (χ1n) is 7.67. The van der Waals surface area contributed by atoms with Gasteiger partial charge in [-0.05, 0) is 43.9 Å². The van der Waals surface area contributed by atoms with E-state index in [4.69, 9.17) is 10.7 Å². The molecule has 2 aromatic heterocycles. The Morgan fingerprint density at radius 2 is 2.10 bits per heavy atom. The molecule has 1 aliphatic heterocycles. The fourth-order valence-corrected chi connectivity index (χ4v) is 3.00. The number of hydrogen-bond donors (Lipinski definition) is 1.